The monoisotopic (exact) mass is 432 g/mol. The van der Waals surface area contributed by atoms with Crippen molar-refractivity contribution < 1.29 is 13.2 Å². The van der Waals surface area contributed by atoms with Crippen molar-refractivity contribution in [1.82, 2.24) is 5.32 Å². The first-order valence-electron chi connectivity index (χ1n) is 9.97. The summed E-state index contributed by atoms with van der Waals surface area (Å²) in [6, 6.07) is 13.3. The Kier molecular flexibility index (Phi) is 5.58. The number of hydrogen-bond acceptors (Lipinski definition) is 3. The number of aryl methyl sites for hydroxylation is 1. The summed E-state index contributed by atoms with van der Waals surface area (Å²) in [6.45, 7) is 1.64. The van der Waals surface area contributed by atoms with E-state index in [9.17, 15) is 13.2 Å². The summed E-state index contributed by atoms with van der Waals surface area (Å²) >= 11 is 5.97. The molecule has 0 spiro atoms. The summed E-state index contributed by atoms with van der Waals surface area (Å²) in [5.74, 6) is 0.962. The predicted molar refractivity (Wildman–Crippen MR) is 115 cm³/mol. The number of carbonyl (C=O) groups excluding carboxylic acids is 1. The minimum Gasteiger partial charge on any atom is -0.352 e. The SMILES string of the molecule is Cc1ccc(S(=O)(=O)N(CC(=O)NC2CC3CCC2C3)c2ccc(Cl)cc2)cc1. The van der Waals surface area contributed by atoms with Crippen LogP contribution in [0.4, 0.5) is 5.69 Å². The van der Waals surface area contributed by atoms with Gasteiger partial charge >= 0.3 is 0 Å². The number of nitrogens with one attached hydrogen (secondary N) is 1. The van der Waals surface area contributed by atoms with Crippen LogP contribution in [0.15, 0.2) is 53.4 Å². The fraction of sp³-hybridized carbons (Fsp3) is 0.409. The smallest absolute Gasteiger partial charge is 0.264 e. The second kappa shape index (κ2) is 8.00. The molecule has 3 atom stereocenters. The fourth-order valence-electron chi connectivity index (χ4n) is 4.56. The van der Waals surface area contributed by atoms with Crippen LogP contribution in [0.5, 0.6) is 0 Å². The molecule has 2 fully saturated rings. The van der Waals surface area contributed by atoms with Crippen LogP contribution in [0, 0.1) is 18.8 Å². The molecule has 154 valence electrons. The van der Waals surface area contributed by atoms with Crippen molar-refractivity contribution in [2.24, 2.45) is 11.8 Å². The van der Waals surface area contributed by atoms with Gasteiger partial charge in [0.15, 0.2) is 0 Å². The second-order valence-electron chi connectivity index (χ2n) is 8.15. The van der Waals surface area contributed by atoms with Crippen LogP contribution < -0.4 is 9.62 Å². The molecule has 0 aliphatic heterocycles. The number of hydrogen-bond donors (Lipinski definition) is 1. The molecular weight excluding hydrogens is 408 g/mol. The first kappa shape index (κ1) is 20.2. The van der Waals surface area contributed by atoms with Crippen LogP contribution in [-0.2, 0) is 14.8 Å². The predicted octanol–water partition coefficient (Wildman–Crippen LogP) is 4.15. The molecule has 2 saturated carbocycles. The Hall–Kier alpha value is -2.05. The lowest BCUT2D eigenvalue weighted by molar-refractivity contribution is -0.120. The third kappa shape index (κ3) is 4.28. The molecule has 29 heavy (non-hydrogen) atoms. The van der Waals surface area contributed by atoms with Gasteiger partial charge in [0.25, 0.3) is 10.0 Å². The molecule has 3 unspecified atom stereocenters. The molecule has 1 amide bonds. The van der Waals surface area contributed by atoms with Gasteiger partial charge in [-0.05, 0) is 74.4 Å². The van der Waals surface area contributed by atoms with E-state index in [0.29, 0.717) is 22.5 Å². The summed E-state index contributed by atoms with van der Waals surface area (Å²) < 4.78 is 27.8. The van der Waals surface area contributed by atoms with E-state index in [2.05, 4.69) is 5.32 Å². The average molecular weight is 433 g/mol. The molecule has 1 N–H and O–H groups in total. The number of rotatable bonds is 6. The maximum absolute atomic E-state index is 13.3. The Labute approximate surface area is 177 Å². The highest BCUT2D eigenvalue weighted by Gasteiger charge is 2.40. The molecule has 2 bridgehead atoms. The van der Waals surface area contributed by atoms with Crippen molar-refractivity contribution in [3.05, 3.63) is 59.1 Å². The third-order valence-electron chi connectivity index (χ3n) is 6.10. The van der Waals surface area contributed by atoms with E-state index < -0.39 is 10.0 Å². The van der Waals surface area contributed by atoms with Gasteiger partial charge in [-0.15, -0.1) is 0 Å². The highest BCUT2D eigenvalue weighted by atomic mass is 35.5. The molecule has 7 heteroatoms. The highest BCUT2D eigenvalue weighted by Crippen LogP contribution is 2.44. The van der Waals surface area contributed by atoms with E-state index in [4.69, 9.17) is 11.6 Å². The molecule has 0 heterocycles. The zero-order chi connectivity index (χ0) is 20.6. The average Bonchev–Trinajstić information content (AvgIpc) is 3.30. The van der Waals surface area contributed by atoms with Gasteiger partial charge in [0, 0.05) is 11.1 Å². The van der Waals surface area contributed by atoms with E-state index in [1.54, 1.807) is 48.5 Å². The number of amides is 1. The van der Waals surface area contributed by atoms with Crippen LogP contribution in [0.25, 0.3) is 0 Å². The number of anilines is 1. The van der Waals surface area contributed by atoms with Crippen molar-refractivity contribution in [2.75, 3.05) is 10.8 Å². The second-order valence-corrected chi connectivity index (χ2v) is 10.4. The van der Waals surface area contributed by atoms with Gasteiger partial charge < -0.3 is 5.32 Å². The van der Waals surface area contributed by atoms with Crippen LogP contribution >= 0.6 is 11.6 Å². The molecule has 2 aromatic carbocycles. The number of carbonyl (C=O) groups is 1. The summed E-state index contributed by atoms with van der Waals surface area (Å²) in [7, 11) is -3.89. The molecule has 2 aliphatic rings. The maximum atomic E-state index is 13.3. The van der Waals surface area contributed by atoms with Crippen molar-refractivity contribution in [1.29, 1.82) is 0 Å². The Morgan fingerprint density at radius 3 is 2.34 bits per heavy atom. The summed E-state index contributed by atoms with van der Waals surface area (Å²) in [4.78, 5) is 13.0. The Balaban J connectivity index is 1.59. The topological polar surface area (TPSA) is 66.5 Å². The van der Waals surface area contributed by atoms with E-state index in [1.165, 1.54) is 12.8 Å². The van der Waals surface area contributed by atoms with Gasteiger partial charge in [-0.1, -0.05) is 35.7 Å². The molecule has 5 nitrogen and oxygen atoms in total. The summed E-state index contributed by atoms with van der Waals surface area (Å²) in [6.07, 6.45) is 4.57. The van der Waals surface area contributed by atoms with Gasteiger partial charge in [-0.25, -0.2) is 8.42 Å². The third-order valence-corrected chi connectivity index (χ3v) is 8.14. The minimum atomic E-state index is -3.89. The lowest BCUT2D eigenvalue weighted by Gasteiger charge is -2.27. The van der Waals surface area contributed by atoms with E-state index in [1.807, 2.05) is 6.92 Å². The van der Waals surface area contributed by atoms with Gasteiger partial charge in [-0.2, -0.15) is 0 Å². The van der Waals surface area contributed by atoms with E-state index in [0.717, 1.165) is 22.7 Å². The van der Waals surface area contributed by atoms with Gasteiger partial charge in [0.05, 0.1) is 10.6 Å². The highest BCUT2D eigenvalue weighted by molar-refractivity contribution is 7.92. The molecule has 0 radical (unpaired) electrons. The molecule has 2 aliphatic carbocycles. The van der Waals surface area contributed by atoms with Crippen molar-refractivity contribution >= 4 is 33.2 Å². The Morgan fingerprint density at radius 2 is 1.76 bits per heavy atom. The summed E-state index contributed by atoms with van der Waals surface area (Å²) in [5, 5.41) is 3.59. The molecule has 2 aromatic rings. The lowest BCUT2D eigenvalue weighted by Crippen LogP contribution is -2.45. The first-order chi connectivity index (χ1) is 13.8. The first-order valence-corrected chi connectivity index (χ1v) is 11.8. The lowest BCUT2D eigenvalue weighted by atomic mass is 9.95. The summed E-state index contributed by atoms with van der Waals surface area (Å²) in [5.41, 5.74) is 1.38. The van der Waals surface area contributed by atoms with Crippen molar-refractivity contribution in [2.45, 2.75) is 43.5 Å². The number of sulfonamides is 1. The maximum Gasteiger partial charge on any atom is 0.264 e. The standard InChI is InChI=1S/C22H25ClN2O3S/c1-15-2-10-20(11-3-15)29(27,28)25(19-8-6-18(23)7-9-19)14-22(26)24-21-13-16-4-5-17(21)12-16/h2-3,6-11,16-17,21H,4-5,12-14H2,1H3,(H,24,26). The van der Waals surface area contributed by atoms with Crippen LogP contribution in [0.1, 0.15) is 31.2 Å². The minimum absolute atomic E-state index is 0.158. The van der Waals surface area contributed by atoms with E-state index >= 15 is 0 Å². The van der Waals surface area contributed by atoms with Crippen LogP contribution in [-0.4, -0.2) is 26.9 Å². The van der Waals surface area contributed by atoms with E-state index in [-0.39, 0.29) is 23.4 Å². The molecule has 0 aromatic heterocycles. The molecule has 4 rings (SSSR count). The van der Waals surface area contributed by atoms with Gasteiger partial charge in [0.2, 0.25) is 5.91 Å². The quantitative estimate of drug-likeness (QED) is 0.745. The van der Waals surface area contributed by atoms with Gasteiger partial charge in [0.1, 0.15) is 6.54 Å². The zero-order valence-corrected chi connectivity index (χ0v) is 17.9. The molecule has 0 saturated heterocycles. The van der Waals surface area contributed by atoms with Crippen molar-refractivity contribution in [3.63, 3.8) is 0 Å². The fourth-order valence-corrected chi connectivity index (χ4v) is 6.11. The van der Waals surface area contributed by atoms with Crippen LogP contribution in [0.2, 0.25) is 5.02 Å². The number of fused-ring (bicyclic) bond motifs is 2. The Bertz CT molecular complexity index is 990. The normalized spacial score (nSPS) is 23.2. The Morgan fingerprint density at radius 1 is 1.07 bits per heavy atom. The van der Waals surface area contributed by atoms with Crippen molar-refractivity contribution in [3.8, 4) is 0 Å². The van der Waals surface area contributed by atoms with Gasteiger partial charge in [-0.3, -0.25) is 9.10 Å². The number of halogens is 1. The number of benzene rings is 2. The molecular formula is C22H25ClN2O3S. The van der Waals surface area contributed by atoms with Crippen LogP contribution in [0.3, 0.4) is 0 Å². The largest absolute Gasteiger partial charge is 0.352 e. The number of nitrogens with zero attached hydrogens (tertiary/aromatic N) is 1. The zero-order valence-electron chi connectivity index (χ0n) is 16.3.